The number of anilines is 1. The van der Waals surface area contributed by atoms with Gasteiger partial charge in [0.15, 0.2) is 5.75 Å². The van der Waals surface area contributed by atoms with Gasteiger partial charge >= 0.3 is 6.01 Å². The number of aryl methyl sites for hydroxylation is 2. The van der Waals surface area contributed by atoms with Crippen molar-refractivity contribution in [3.8, 4) is 11.8 Å². The lowest BCUT2D eigenvalue weighted by Gasteiger charge is -2.11. The normalized spacial score (nSPS) is 10.8. The Morgan fingerprint density at radius 2 is 1.84 bits per heavy atom. The quantitative estimate of drug-likeness (QED) is 0.853. The van der Waals surface area contributed by atoms with E-state index in [0.717, 1.165) is 17.0 Å². The van der Waals surface area contributed by atoms with Gasteiger partial charge in [-0.15, -0.1) is 0 Å². The summed E-state index contributed by atoms with van der Waals surface area (Å²) in [7, 11) is 0. The van der Waals surface area contributed by atoms with Gasteiger partial charge in [0.2, 0.25) is 0 Å². The third kappa shape index (κ3) is 3.22. The molecule has 4 heteroatoms. The predicted molar refractivity (Wildman–Crippen MR) is 76.5 cm³/mol. The molecule has 0 aliphatic heterocycles. The Morgan fingerprint density at radius 1 is 1.11 bits per heavy atom. The van der Waals surface area contributed by atoms with Crippen LogP contribution in [-0.2, 0) is 0 Å². The highest BCUT2D eigenvalue weighted by Gasteiger charge is 2.09. The molecule has 2 aromatic rings. The first kappa shape index (κ1) is 13.3. The van der Waals surface area contributed by atoms with Gasteiger partial charge in [0, 0.05) is 5.69 Å². The Hall–Kier alpha value is -2.10. The van der Waals surface area contributed by atoms with Crippen molar-refractivity contribution >= 4 is 5.69 Å². The molecule has 2 rings (SSSR count). The third-order valence-electron chi connectivity index (χ3n) is 2.82. The Bertz CT molecular complexity index is 594. The van der Waals surface area contributed by atoms with Crippen LogP contribution in [0.4, 0.5) is 5.69 Å². The summed E-state index contributed by atoms with van der Waals surface area (Å²) in [6, 6.07) is 7.97. The summed E-state index contributed by atoms with van der Waals surface area (Å²) in [5, 5.41) is 0. The van der Waals surface area contributed by atoms with Crippen LogP contribution in [0.2, 0.25) is 0 Å². The van der Waals surface area contributed by atoms with Crippen LogP contribution in [0.15, 0.2) is 24.3 Å². The number of hydrogen-bond acceptors (Lipinski definition) is 4. The molecule has 0 spiro atoms. The standard InChI is InChI=1S/C15H19N3O/c1-9(2)13-8-11(4)17-15(18-13)19-14-7-10(3)5-6-12(14)16/h5-9H,16H2,1-4H3. The first-order valence-electron chi connectivity index (χ1n) is 6.35. The van der Waals surface area contributed by atoms with E-state index in [0.29, 0.717) is 23.4 Å². The molecule has 1 heterocycles. The van der Waals surface area contributed by atoms with Crippen LogP contribution in [0.3, 0.4) is 0 Å². The molecular formula is C15H19N3O. The number of ether oxygens (including phenoxy) is 1. The molecule has 4 nitrogen and oxygen atoms in total. The number of nitrogens with two attached hydrogens (primary N) is 1. The van der Waals surface area contributed by atoms with Crippen LogP contribution >= 0.6 is 0 Å². The highest BCUT2D eigenvalue weighted by atomic mass is 16.5. The Morgan fingerprint density at radius 3 is 2.53 bits per heavy atom. The number of nitrogens with zero attached hydrogens (tertiary/aromatic N) is 2. The maximum absolute atomic E-state index is 5.89. The first-order chi connectivity index (χ1) is 8.95. The Kier molecular flexibility index (Phi) is 3.69. The number of benzene rings is 1. The van der Waals surface area contributed by atoms with Crippen LogP contribution < -0.4 is 10.5 Å². The van der Waals surface area contributed by atoms with Gasteiger partial charge in [0.05, 0.1) is 11.4 Å². The summed E-state index contributed by atoms with van der Waals surface area (Å²) in [5.74, 6) is 0.930. The van der Waals surface area contributed by atoms with Crippen molar-refractivity contribution in [2.24, 2.45) is 0 Å². The van der Waals surface area contributed by atoms with Gasteiger partial charge in [-0.2, -0.15) is 4.98 Å². The van der Waals surface area contributed by atoms with Gasteiger partial charge in [0.1, 0.15) is 0 Å². The summed E-state index contributed by atoms with van der Waals surface area (Å²) in [5.41, 5.74) is 9.42. The molecule has 0 amide bonds. The highest BCUT2D eigenvalue weighted by molar-refractivity contribution is 5.54. The number of rotatable bonds is 3. The fraction of sp³-hybridized carbons (Fsp3) is 0.333. The molecule has 0 atom stereocenters. The molecule has 1 aromatic carbocycles. The van der Waals surface area contributed by atoms with Crippen molar-refractivity contribution in [2.75, 3.05) is 5.73 Å². The molecule has 2 N–H and O–H groups in total. The molecule has 100 valence electrons. The fourth-order valence-electron chi connectivity index (χ4n) is 1.73. The minimum absolute atomic E-state index is 0.332. The van der Waals surface area contributed by atoms with E-state index >= 15 is 0 Å². The second-order valence-corrected chi connectivity index (χ2v) is 5.01. The van der Waals surface area contributed by atoms with Gasteiger partial charge < -0.3 is 10.5 Å². The minimum Gasteiger partial charge on any atom is -0.422 e. The predicted octanol–water partition coefficient (Wildman–Crippen LogP) is 3.59. The van der Waals surface area contributed by atoms with E-state index < -0.39 is 0 Å². The summed E-state index contributed by atoms with van der Waals surface area (Å²) < 4.78 is 5.71. The average molecular weight is 257 g/mol. The summed E-state index contributed by atoms with van der Waals surface area (Å²) in [6.45, 7) is 8.10. The van der Waals surface area contributed by atoms with E-state index in [1.165, 1.54) is 0 Å². The van der Waals surface area contributed by atoms with Crippen molar-refractivity contribution in [2.45, 2.75) is 33.6 Å². The number of nitrogen functional groups attached to an aromatic ring is 1. The van der Waals surface area contributed by atoms with Gasteiger partial charge in [0.25, 0.3) is 0 Å². The lowest BCUT2D eigenvalue weighted by atomic mass is 10.1. The largest absolute Gasteiger partial charge is 0.422 e. The molecule has 0 aliphatic rings. The number of aromatic nitrogens is 2. The molecule has 0 unspecified atom stereocenters. The molecule has 0 saturated heterocycles. The molecule has 0 saturated carbocycles. The van der Waals surface area contributed by atoms with E-state index in [1.54, 1.807) is 0 Å². The van der Waals surface area contributed by atoms with E-state index in [9.17, 15) is 0 Å². The van der Waals surface area contributed by atoms with Crippen molar-refractivity contribution in [1.29, 1.82) is 0 Å². The Balaban J connectivity index is 2.35. The zero-order valence-corrected chi connectivity index (χ0v) is 11.8. The van der Waals surface area contributed by atoms with Gasteiger partial charge in [-0.1, -0.05) is 19.9 Å². The van der Waals surface area contributed by atoms with Crippen molar-refractivity contribution in [3.63, 3.8) is 0 Å². The number of hydrogen-bond donors (Lipinski definition) is 1. The topological polar surface area (TPSA) is 61.0 Å². The smallest absolute Gasteiger partial charge is 0.322 e. The lowest BCUT2D eigenvalue weighted by molar-refractivity contribution is 0.438. The summed E-state index contributed by atoms with van der Waals surface area (Å²) in [4.78, 5) is 8.70. The van der Waals surface area contributed by atoms with E-state index in [4.69, 9.17) is 10.5 Å². The maximum atomic E-state index is 5.89. The molecule has 0 aliphatic carbocycles. The molecule has 0 bridgehead atoms. The molecule has 1 aromatic heterocycles. The summed E-state index contributed by atoms with van der Waals surface area (Å²) >= 11 is 0. The molecule has 0 fully saturated rings. The van der Waals surface area contributed by atoms with E-state index in [-0.39, 0.29) is 0 Å². The monoisotopic (exact) mass is 257 g/mol. The van der Waals surface area contributed by atoms with Crippen LogP contribution in [0.1, 0.15) is 36.7 Å². The SMILES string of the molecule is Cc1ccc(N)c(Oc2nc(C)cc(C(C)C)n2)c1. The van der Waals surface area contributed by atoms with Crippen LogP contribution in [0.5, 0.6) is 11.8 Å². The minimum atomic E-state index is 0.332. The highest BCUT2D eigenvalue weighted by Crippen LogP contribution is 2.27. The maximum Gasteiger partial charge on any atom is 0.322 e. The van der Waals surface area contributed by atoms with Gasteiger partial charge in [-0.25, -0.2) is 4.98 Å². The summed E-state index contributed by atoms with van der Waals surface area (Å²) in [6.07, 6.45) is 0. The van der Waals surface area contributed by atoms with Crippen molar-refractivity contribution in [3.05, 3.63) is 41.2 Å². The molecule has 0 radical (unpaired) electrons. The van der Waals surface area contributed by atoms with Gasteiger partial charge in [-0.05, 0) is 43.5 Å². The zero-order chi connectivity index (χ0) is 14.0. The van der Waals surface area contributed by atoms with Crippen molar-refractivity contribution in [1.82, 2.24) is 9.97 Å². The zero-order valence-electron chi connectivity index (χ0n) is 11.8. The fourth-order valence-corrected chi connectivity index (χ4v) is 1.73. The second-order valence-electron chi connectivity index (χ2n) is 5.01. The van der Waals surface area contributed by atoms with E-state index in [2.05, 4.69) is 23.8 Å². The average Bonchev–Trinajstić information content (AvgIpc) is 2.33. The first-order valence-corrected chi connectivity index (χ1v) is 6.35. The molecule has 19 heavy (non-hydrogen) atoms. The van der Waals surface area contributed by atoms with E-state index in [1.807, 2.05) is 38.1 Å². The lowest BCUT2D eigenvalue weighted by Crippen LogP contribution is -2.01. The van der Waals surface area contributed by atoms with Crippen molar-refractivity contribution < 1.29 is 4.74 Å². The second kappa shape index (κ2) is 5.26. The van der Waals surface area contributed by atoms with Crippen LogP contribution in [0, 0.1) is 13.8 Å². The van der Waals surface area contributed by atoms with Gasteiger partial charge in [-0.3, -0.25) is 0 Å². The third-order valence-corrected chi connectivity index (χ3v) is 2.82. The van der Waals surface area contributed by atoms with Crippen LogP contribution in [0.25, 0.3) is 0 Å². The molecular weight excluding hydrogens is 238 g/mol. The van der Waals surface area contributed by atoms with Crippen LogP contribution in [-0.4, -0.2) is 9.97 Å². The Labute approximate surface area is 113 Å².